The molecule has 0 aliphatic carbocycles. The molecule has 6 heteroatoms. The fourth-order valence-corrected chi connectivity index (χ4v) is 3.81. The van der Waals surface area contributed by atoms with Crippen LogP contribution in [0.15, 0.2) is 66.7 Å². The van der Waals surface area contributed by atoms with Crippen molar-refractivity contribution in [3.8, 4) is 11.3 Å². The van der Waals surface area contributed by atoms with E-state index in [9.17, 15) is 4.79 Å². The zero-order valence-corrected chi connectivity index (χ0v) is 18.3. The number of nitrogens with one attached hydrogen (secondary N) is 1. The summed E-state index contributed by atoms with van der Waals surface area (Å²) < 4.78 is 0. The Hall–Kier alpha value is -2.59. The third kappa shape index (κ3) is 4.29. The molecule has 0 saturated heterocycles. The van der Waals surface area contributed by atoms with E-state index in [4.69, 9.17) is 39.8 Å². The summed E-state index contributed by atoms with van der Waals surface area (Å²) in [5, 5.41) is 5.20. The molecule has 150 valence electrons. The van der Waals surface area contributed by atoms with Crippen LogP contribution >= 0.6 is 34.8 Å². The first-order valence-corrected chi connectivity index (χ1v) is 10.5. The van der Waals surface area contributed by atoms with E-state index in [-0.39, 0.29) is 5.91 Å². The van der Waals surface area contributed by atoms with Gasteiger partial charge in [-0.25, -0.2) is 4.98 Å². The van der Waals surface area contributed by atoms with E-state index in [0.29, 0.717) is 32.0 Å². The Kier molecular flexibility index (Phi) is 5.96. The second kappa shape index (κ2) is 8.65. The molecule has 0 aliphatic rings. The predicted molar refractivity (Wildman–Crippen MR) is 126 cm³/mol. The number of aromatic nitrogens is 1. The maximum absolute atomic E-state index is 13.3. The summed E-state index contributed by atoms with van der Waals surface area (Å²) in [6.07, 6.45) is 0.860. The molecule has 30 heavy (non-hydrogen) atoms. The van der Waals surface area contributed by atoms with Crippen molar-refractivity contribution in [3.05, 3.63) is 92.9 Å². The van der Waals surface area contributed by atoms with Crippen molar-refractivity contribution in [1.29, 1.82) is 0 Å². The topological polar surface area (TPSA) is 42.0 Å². The Bertz CT molecular complexity index is 1250. The Labute approximate surface area is 189 Å². The number of aryl methyl sites for hydroxylation is 1. The van der Waals surface area contributed by atoms with Crippen LogP contribution in [0.2, 0.25) is 15.1 Å². The van der Waals surface area contributed by atoms with Crippen molar-refractivity contribution in [2.45, 2.75) is 13.3 Å². The van der Waals surface area contributed by atoms with Gasteiger partial charge in [0.15, 0.2) is 0 Å². The second-order valence-corrected chi connectivity index (χ2v) is 8.13. The van der Waals surface area contributed by atoms with Crippen LogP contribution in [0.3, 0.4) is 0 Å². The molecule has 0 aliphatic heterocycles. The van der Waals surface area contributed by atoms with Gasteiger partial charge >= 0.3 is 0 Å². The van der Waals surface area contributed by atoms with Gasteiger partial charge in [-0.1, -0.05) is 59.9 Å². The lowest BCUT2D eigenvalue weighted by Crippen LogP contribution is -2.13. The van der Waals surface area contributed by atoms with Gasteiger partial charge in [-0.3, -0.25) is 4.79 Å². The highest BCUT2D eigenvalue weighted by molar-refractivity contribution is 6.37. The van der Waals surface area contributed by atoms with Crippen molar-refractivity contribution in [1.82, 2.24) is 4.98 Å². The predicted octanol–water partition coefficient (Wildman–Crippen LogP) is 7.68. The first kappa shape index (κ1) is 20.7. The molecule has 0 bridgehead atoms. The van der Waals surface area contributed by atoms with Gasteiger partial charge in [0.2, 0.25) is 0 Å². The van der Waals surface area contributed by atoms with Gasteiger partial charge in [0, 0.05) is 21.0 Å². The maximum atomic E-state index is 13.3. The second-order valence-electron chi connectivity index (χ2n) is 6.85. The molecule has 1 N–H and O–H groups in total. The molecule has 1 amide bonds. The number of halogens is 3. The van der Waals surface area contributed by atoms with Crippen molar-refractivity contribution in [2.75, 3.05) is 5.32 Å². The number of nitrogens with zero attached hydrogens (tertiary/aromatic N) is 1. The molecular weight excluding hydrogens is 439 g/mol. The van der Waals surface area contributed by atoms with Gasteiger partial charge in [-0.15, -0.1) is 0 Å². The summed E-state index contributed by atoms with van der Waals surface area (Å²) in [6, 6.07) is 20.1. The monoisotopic (exact) mass is 454 g/mol. The fourth-order valence-electron chi connectivity index (χ4n) is 3.23. The minimum absolute atomic E-state index is 0.268. The lowest BCUT2D eigenvalue weighted by molar-refractivity contribution is 0.102. The minimum Gasteiger partial charge on any atom is -0.321 e. The third-order valence-electron chi connectivity index (χ3n) is 4.85. The van der Waals surface area contributed by atoms with E-state index < -0.39 is 0 Å². The maximum Gasteiger partial charge on any atom is 0.256 e. The highest BCUT2D eigenvalue weighted by Gasteiger charge is 2.16. The third-order valence-corrected chi connectivity index (χ3v) is 5.65. The normalized spacial score (nSPS) is 10.9. The van der Waals surface area contributed by atoms with Crippen molar-refractivity contribution in [2.24, 2.45) is 0 Å². The van der Waals surface area contributed by atoms with Crippen LogP contribution in [-0.2, 0) is 6.42 Å². The molecule has 3 aromatic carbocycles. The zero-order valence-electron chi connectivity index (χ0n) is 16.0. The van der Waals surface area contributed by atoms with E-state index in [1.54, 1.807) is 36.4 Å². The first-order chi connectivity index (χ1) is 14.4. The standard InChI is InChI=1S/C24H17Cl3N2O/c1-2-14-3-9-21-18(11-14)19(13-23(28-21)15-4-6-16(25)7-5-15)24(30)29-22-10-8-17(26)12-20(22)27/h3-13H,2H2,1H3,(H,29,30). The number of pyridine rings is 1. The van der Waals surface area contributed by atoms with Crippen LogP contribution in [0.4, 0.5) is 5.69 Å². The Morgan fingerprint density at radius 3 is 2.33 bits per heavy atom. The molecule has 1 aromatic heterocycles. The molecular formula is C24H17Cl3N2O. The Morgan fingerprint density at radius 1 is 0.900 bits per heavy atom. The SMILES string of the molecule is CCc1ccc2nc(-c3ccc(Cl)cc3)cc(C(=O)Nc3ccc(Cl)cc3Cl)c2c1. The van der Waals surface area contributed by atoms with Gasteiger partial charge in [0.25, 0.3) is 5.91 Å². The minimum atomic E-state index is -0.268. The average molecular weight is 456 g/mol. The number of benzene rings is 3. The quantitative estimate of drug-likeness (QED) is 0.343. The van der Waals surface area contributed by atoms with Gasteiger partial charge in [-0.2, -0.15) is 0 Å². The fraction of sp³-hybridized carbons (Fsp3) is 0.0833. The number of carbonyl (C=O) groups excluding carboxylic acids is 1. The molecule has 4 aromatic rings. The Morgan fingerprint density at radius 2 is 1.63 bits per heavy atom. The summed E-state index contributed by atoms with van der Waals surface area (Å²) in [7, 11) is 0. The van der Waals surface area contributed by atoms with Crippen LogP contribution in [0.25, 0.3) is 22.2 Å². The molecule has 3 nitrogen and oxygen atoms in total. The van der Waals surface area contributed by atoms with Gasteiger partial charge in [0.1, 0.15) is 0 Å². The number of hydrogen-bond acceptors (Lipinski definition) is 2. The van der Waals surface area contributed by atoms with Crippen molar-refractivity contribution >= 4 is 57.3 Å². The van der Waals surface area contributed by atoms with Gasteiger partial charge < -0.3 is 5.32 Å². The van der Waals surface area contributed by atoms with E-state index in [2.05, 4.69) is 12.2 Å². The molecule has 0 unspecified atom stereocenters. The van der Waals surface area contributed by atoms with Crippen LogP contribution in [-0.4, -0.2) is 10.9 Å². The van der Waals surface area contributed by atoms with E-state index in [1.807, 2.05) is 30.3 Å². The molecule has 0 atom stereocenters. The highest BCUT2D eigenvalue weighted by atomic mass is 35.5. The molecule has 4 rings (SSSR count). The van der Waals surface area contributed by atoms with Crippen LogP contribution < -0.4 is 5.32 Å². The number of amides is 1. The zero-order chi connectivity index (χ0) is 21.3. The van der Waals surface area contributed by atoms with Crippen LogP contribution in [0, 0.1) is 0 Å². The van der Waals surface area contributed by atoms with Crippen LogP contribution in [0.5, 0.6) is 0 Å². The summed E-state index contributed by atoms with van der Waals surface area (Å²) in [5.74, 6) is -0.268. The lowest BCUT2D eigenvalue weighted by Gasteiger charge is -2.13. The van der Waals surface area contributed by atoms with Crippen LogP contribution in [0.1, 0.15) is 22.8 Å². The van der Waals surface area contributed by atoms with E-state index >= 15 is 0 Å². The molecule has 1 heterocycles. The largest absolute Gasteiger partial charge is 0.321 e. The first-order valence-electron chi connectivity index (χ1n) is 9.40. The highest BCUT2D eigenvalue weighted by Crippen LogP contribution is 2.29. The number of carbonyl (C=O) groups is 1. The summed E-state index contributed by atoms with van der Waals surface area (Å²) in [6.45, 7) is 2.07. The van der Waals surface area contributed by atoms with Crippen molar-refractivity contribution < 1.29 is 4.79 Å². The number of fused-ring (bicyclic) bond motifs is 1. The lowest BCUT2D eigenvalue weighted by atomic mass is 10.0. The van der Waals surface area contributed by atoms with E-state index in [0.717, 1.165) is 28.5 Å². The van der Waals surface area contributed by atoms with Gasteiger partial charge in [0.05, 0.1) is 27.5 Å². The van der Waals surface area contributed by atoms with Crippen molar-refractivity contribution in [3.63, 3.8) is 0 Å². The summed E-state index contributed by atoms with van der Waals surface area (Å²) >= 11 is 18.2. The molecule has 0 fully saturated rings. The summed E-state index contributed by atoms with van der Waals surface area (Å²) in [4.78, 5) is 18.0. The molecule has 0 saturated carbocycles. The molecule has 0 radical (unpaired) electrons. The Balaban J connectivity index is 1.84. The smallest absolute Gasteiger partial charge is 0.256 e. The molecule has 0 spiro atoms. The number of anilines is 1. The van der Waals surface area contributed by atoms with E-state index in [1.165, 1.54) is 0 Å². The van der Waals surface area contributed by atoms with Gasteiger partial charge in [-0.05, 0) is 60.5 Å². The number of hydrogen-bond donors (Lipinski definition) is 1. The average Bonchev–Trinajstić information content (AvgIpc) is 2.75. The summed E-state index contributed by atoms with van der Waals surface area (Å²) in [5.41, 5.74) is 4.45. The number of rotatable bonds is 4.